The molecule has 0 aromatic heterocycles. The first-order valence-corrected chi connectivity index (χ1v) is 9.50. The minimum atomic E-state index is -0.850. The van der Waals surface area contributed by atoms with Gasteiger partial charge in [0.15, 0.2) is 0 Å². The third-order valence-electron chi connectivity index (χ3n) is 5.31. The molecule has 2 N–H and O–H groups in total. The van der Waals surface area contributed by atoms with Crippen LogP contribution in [0.1, 0.15) is 39.0 Å². The lowest BCUT2D eigenvalue weighted by Gasteiger charge is -2.34. The van der Waals surface area contributed by atoms with Crippen LogP contribution >= 0.6 is 23.2 Å². The Kier molecular flexibility index (Phi) is 5.44. The molecule has 1 aromatic carbocycles. The number of nitrogens with zero attached hydrogens (tertiary/aromatic N) is 1. The van der Waals surface area contributed by atoms with Crippen molar-refractivity contribution >= 4 is 46.7 Å². The maximum Gasteiger partial charge on any atom is 0.325 e. The molecule has 1 spiro atoms. The molecule has 2 fully saturated rings. The van der Waals surface area contributed by atoms with Crippen LogP contribution < -0.4 is 10.6 Å². The van der Waals surface area contributed by atoms with Crippen LogP contribution in [-0.4, -0.2) is 34.8 Å². The molecule has 140 valence electrons. The number of benzene rings is 1. The van der Waals surface area contributed by atoms with Gasteiger partial charge in [0.2, 0.25) is 5.91 Å². The van der Waals surface area contributed by atoms with Crippen LogP contribution in [-0.2, 0) is 9.59 Å². The van der Waals surface area contributed by atoms with Crippen LogP contribution in [0.2, 0.25) is 10.0 Å². The number of hydrogen-bond donors (Lipinski definition) is 2. The smallest absolute Gasteiger partial charge is 0.323 e. The predicted octanol–water partition coefficient (Wildman–Crippen LogP) is 3.82. The highest BCUT2D eigenvalue weighted by Gasteiger charge is 2.52. The summed E-state index contributed by atoms with van der Waals surface area (Å²) in [6.07, 6.45) is 4.12. The van der Waals surface area contributed by atoms with E-state index in [-0.39, 0.29) is 17.5 Å². The van der Waals surface area contributed by atoms with Gasteiger partial charge in [-0.25, -0.2) is 4.79 Å². The standard InChI is InChI=1S/C18H21Cl2N3O3/c1-2-11-6-8-18(9-7-11)16(25)23(17(26)22-18)10-14(24)21-13-5-3-4-12(19)15(13)20/h3-5,11H,2,6-10H2,1H3,(H,21,24)(H,22,26). The minimum absolute atomic E-state index is 0.217. The van der Waals surface area contributed by atoms with E-state index in [2.05, 4.69) is 17.6 Å². The highest BCUT2D eigenvalue weighted by Crippen LogP contribution is 2.37. The number of hydrogen-bond acceptors (Lipinski definition) is 3. The molecule has 1 aliphatic heterocycles. The first-order chi connectivity index (χ1) is 12.4. The van der Waals surface area contributed by atoms with Crippen molar-refractivity contribution in [2.75, 3.05) is 11.9 Å². The number of anilines is 1. The largest absolute Gasteiger partial charge is 0.325 e. The molecule has 2 aliphatic rings. The molecule has 1 saturated heterocycles. The van der Waals surface area contributed by atoms with Gasteiger partial charge in [0.25, 0.3) is 5.91 Å². The van der Waals surface area contributed by atoms with Crippen LogP contribution in [0.4, 0.5) is 10.5 Å². The second-order valence-corrected chi connectivity index (χ2v) is 7.69. The number of halogens is 2. The number of imide groups is 1. The SMILES string of the molecule is CCC1CCC2(CC1)NC(=O)N(CC(=O)Nc1cccc(Cl)c1Cl)C2=O. The predicted molar refractivity (Wildman–Crippen MR) is 100 cm³/mol. The van der Waals surface area contributed by atoms with Crippen LogP contribution in [0.3, 0.4) is 0 Å². The molecule has 1 saturated carbocycles. The van der Waals surface area contributed by atoms with E-state index in [0.717, 1.165) is 24.2 Å². The van der Waals surface area contributed by atoms with E-state index in [1.165, 1.54) is 0 Å². The van der Waals surface area contributed by atoms with Crippen molar-refractivity contribution in [3.63, 3.8) is 0 Å². The van der Waals surface area contributed by atoms with Crippen molar-refractivity contribution in [1.82, 2.24) is 10.2 Å². The Morgan fingerprint density at radius 3 is 2.65 bits per heavy atom. The molecule has 8 heteroatoms. The molecule has 0 atom stereocenters. The number of carbonyl (C=O) groups excluding carboxylic acids is 3. The molecule has 1 heterocycles. The van der Waals surface area contributed by atoms with Crippen molar-refractivity contribution in [3.8, 4) is 0 Å². The van der Waals surface area contributed by atoms with Gasteiger partial charge in [0, 0.05) is 0 Å². The zero-order chi connectivity index (χ0) is 18.9. The van der Waals surface area contributed by atoms with E-state index in [0.29, 0.717) is 29.5 Å². The monoisotopic (exact) mass is 397 g/mol. The highest BCUT2D eigenvalue weighted by molar-refractivity contribution is 6.44. The quantitative estimate of drug-likeness (QED) is 0.757. The maximum absolute atomic E-state index is 12.8. The highest BCUT2D eigenvalue weighted by atomic mass is 35.5. The summed E-state index contributed by atoms with van der Waals surface area (Å²) in [5.41, 5.74) is -0.508. The Morgan fingerprint density at radius 1 is 1.31 bits per heavy atom. The van der Waals surface area contributed by atoms with Gasteiger partial charge in [0.1, 0.15) is 12.1 Å². The lowest BCUT2D eigenvalue weighted by Crippen LogP contribution is -2.49. The van der Waals surface area contributed by atoms with E-state index >= 15 is 0 Å². The zero-order valence-electron chi connectivity index (χ0n) is 14.5. The minimum Gasteiger partial charge on any atom is -0.323 e. The van der Waals surface area contributed by atoms with Crippen LogP contribution in [0.15, 0.2) is 18.2 Å². The van der Waals surface area contributed by atoms with Crippen LogP contribution in [0.25, 0.3) is 0 Å². The number of carbonyl (C=O) groups is 3. The Labute approximate surface area is 162 Å². The van der Waals surface area contributed by atoms with E-state index < -0.39 is 17.5 Å². The fourth-order valence-electron chi connectivity index (χ4n) is 3.67. The molecule has 0 radical (unpaired) electrons. The van der Waals surface area contributed by atoms with Crippen molar-refractivity contribution < 1.29 is 14.4 Å². The third-order valence-corrected chi connectivity index (χ3v) is 6.13. The summed E-state index contributed by atoms with van der Waals surface area (Å²) in [5.74, 6) is -0.228. The molecule has 0 unspecified atom stereocenters. The summed E-state index contributed by atoms with van der Waals surface area (Å²) in [7, 11) is 0. The van der Waals surface area contributed by atoms with Gasteiger partial charge < -0.3 is 10.6 Å². The van der Waals surface area contributed by atoms with E-state index in [9.17, 15) is 14.4 Å². The molecule has 3 rings (SSSR count). The van der Waals surface area contributed by atoms with Crippen LogP contribution in [0.5, 0.6) is 0 Å². The third kappa shape index (κ3) is 3.53. The summed E-state index contributed by atoms with van der Waals surface area (Å²) in [6.45, 7) is 1.78. The van der Waals surface area contributed by atoms with Gasteiger partial charge in [-0.2, -0.15) is 0 Å². The summed E-state index contributed by atoms with van der Waals surface area (Å²) >= 11 is 12.0. The van der Waals surface area contributed by atoms with Gasteiger partial charge in [0.05, 0.1) is 15.7 Å². The fraction of sp³-hybridized carbons (Fsp3) is 0.500. The van der Waals surface area contributed by atoms with Gasteiger partial charge in [-0.1, -0.05) is 42.6 Å². The summed E-state index contributed by atoms with van der Waals surface area (Å²) < 4.78 is 0. The second-order valence-electron chi connectivity index (χ2n) is 6.90. The summed E-state index contributed by atoms with van der Waals surface area (Å²) in [6, 6.07) is 4.34. The lowest BCUT2D eigenvalue weighted by atomic mass is 9.75. The van der Waals surface area contributed by atoms with Gasteiger partial charge in [-0.3, -0.25) is 14.5 Å². The molecule has 26 heavy (non-hydrogen) atoms. The Hall–Kier alpha value is -1.79. The van der Waals surface area contributed by atoms with E-state index in [4.69, 9.17) is 23.2 Å². The van der Waals surface area contributed by atoms with E-state index in [1.807, 2.05) is 0 Å². The normalized spacial score (nSPS) is 25.5. The fourth-order valence-corrected chi connectivity index (χ4v) is 4.02. The lowest BCUT2D eigenvalue weighted by molar-refractivity contribution is -0.135. The number of urea groups is 1. The number of amides is 4. The van der Waals surface area contributed by atoms with Crippen molar-refractivity contribution in [2.24, 2.45) is 5.92 Å². The maximum atomic E-state index is 12.8. The molecule has 1 aliphatic carbocycles. The van der Waals surface area contributed by atoms with Crippen molar-refractivity contribution in [2.45, 2.75) is 44.6 Å². The van der Waals surface area contributed by atoms with E-state index in [1.54, 1.807) is 18.2 Å². The molecule has 0 bridgehead atoms. The molecule has 6 nitrogen and oxygen atoms in total. The Bertz CT molecular complexity index is 745. The first-order valence-electron chi connectivity index (χ1n) is 8.74. The molecular formula is C18H21Cl2N3O3. The van der Waals surface area contributed by atoms with Crippen LogP contribution in [0, 0.1) is 5.92 Å². The summed E-state index contributed by atoms with van der Waals surface area (Å²) in [5, 5.41) is 5.94. The number of nitrogens with one attached hydrogen (secondary N) is 2. The topological polar surface area (TPSA) is 78.5 Å². The molecule has 1 aromatic rings. The van der Waals surface area contributed by atoms with Gasteiger partial charge in [-0.05, 0) is 43.7 Å². The Balaban J connectivity index is 1.66. The van der Waals surface area contributed by atoms with Crippen molar-refractivity contribution in [1.29, 1.82) is 0 Å². The average molecular weight is 398 g/mol. The molecular weight excluding hydrogens is 377 g/mol. The summed E-state index contributed by atoms with van der Waals surface area (Å²) in [4.78, 5) is 38.4. The average Bonchev–Trinajstić information content (AvgIpc) is 2.84. The zero-order valence-corrected chi connectivity index (χ0v) is 16.0. The van der Waals surface area contributed by atoms with Gasteiger partial charge >= 0.3 is 6.03 Å². The number of rotatable bonds is 4. The molecule has 4 amide bonds. The Morgan fingerprint density at radius 2 is 2.00 bits per heavy atom. The first kappa shape index (κ1) is 19.0. The second kappa shape index (κ2) is 7.45. The van der Waals surface area contributed by atoms with Crippen molar-refractivity contribution in [3.05, 3.63) is 28.2 Å². The van der Waals surface area contributed by atoms with Gasteiger partial charge in [-0.15, -0.1) is 0 Å².